The van der Waals surface area contributed by atoms with E-state index < -0.39 is 50.8 Å². The zero-order chi connectivity index (χ0) is 30.4. The van der Waals surface area contributed by atoms with Crippen LogP contribution < -0.4 is 14.0 Å². The maximum absolute atomic E-state index is 14.2. The number of sulfonamides is 1. The minimum absolute atomic E-state index is 0.0261. The highest BCUT2D eigenvalue weighted by Crippen LogP contribution is 2.47. The number of allylic oxidation sites excluding steroid dienone is 2. The molecular weight excluding hydrogens is 614 g/mol. The average Bonchev–Trinajstić information content (AvgIpc) is 3.36. The summed E-state index contributed by atoms with van der Waals surface area (Å²) in [7, 11) is -9.59. The number of nitriles is 1. The lowest BCUT2D eigenvalue weighted by Gasteiger charge is -2.15. The van der Waals surface area contributed by atoms with E-state index in [1.165, 1.54) is 30.3 Å². The molecule has 0 saturated carbocycles. The van der Waals surface area contributed by atoms with E-state index in [2.05, 4.69) is 11.0 Å². The molecule has 3 aromatic rings. The van der Waals surface area contributed by atoms with Gasteiger partial charge in [0, 0.05) is 16.6 Å². The molecule has 1 aliphatic rings. The maximum Gasteiger partial charge on any atom is 0.419 e. The fourth-order valence-corrected chi connectivity index (χ4v) is 8.46. The van der Waals surface area contributed by atoms with Crippen molar-refractivity contribution >= 4 is 39.0 Å². The smallest absolute Gasteiger partial charge is 0.419 e. The lowest BCUT2D eigenvalue weighted by Crippen LogP contribution is -2.27. The third-order valence-electron chi connectivity index (χ3n) is 5.99. The summed E-state index contributed by atoms with van der Waals surface area (Å²) in [4.78, 5) is 12.2. The summed E-state index contributed by atoms with van der Waals surface area (Å²) in [5.41, 5.74) is -1.94. The number of hydrogen-bond acceptors (Lipinski definition) is 8. The van der Waals surface area contributed by atoms with E-state index in [0.29, 0.717) is 6.42 Å². The number of ether oxygens (including phenoxy) is 1. The molecule has 42 heavy (non-hydrogen) atoms. The number of halogens is 3. The molecule has 0 aliphatic carbocycles. The van der Waals surface area contributed by atoms with Crippen LogP contribution in [0.25, 0.3) is 10.1 Å². The number of fused-ring (bicyclic) bond motifs is 1. The fourth-order valence-electron chi connectivity index (χ4n) is 4.10. The third-order valence-corrected chi connectivity index (χ3v) is 10.3. The lowest BCUT2D eigenvalue weighted by atomic mass is 10.1. The van der Waals surface area contributed by atoms with E-state index in [9.17, 15) is 36.3 Å². The van der Waals surface area contributed by atoms with Crippen LogP contribution in [0.15, 0.2) is 65.0 Å². The van der Waals surface area contributed by atoms with Crippen molar-refractivity contribution in [1.82, 2.24) is 9.62 Å². The molecule has 1 atom stereocenters. The number of nitrogens with one attached hydrogen (secondary N) is 1. The van der Waals surface area contributed by atoms with Gasteiger partial charge in [0.2, 0.25) is 0 Å². The van der Waals surface area contributed by atoms with Crippen molar-refractivity contribution in [2.75, 3.05) is 26.0 Å². The van der Waals surface area contributed by atoms with Crippen molar-refractivity contribution < 1.29 is 40.3 Å². The third kappa shape index (κ3) is 8.10. The first-order valence-corrected chi connectivity index (χ1v) is 16.7. The summed E-state index contributed by atoms with van der Waals surface area (Å²) in [5, 5.41) is 9.05. The number of hydrogen-bond donors (Lipinski definition) is 2. The Balaban J connectivity index is 1.50. The Hall–Kier alpha value is -3.43. The summed E-state index contributed by atoms with van der Waals surface area (Å²) in [6.45, 7) is 1.81. The zero-order valence-electron chi connectivity index (χ0n) is 22.0. The van der Waals surface area contributed by atoms with Gasteiger partial charge in [0.15, 0.2) is 12.6 Å². The van der Waals surface area contributed by atoms with E-state index in [1.54, 1.807) is 16.9 Å². The summed E-state index contributed by atoms with van der Waals surface area (Å²) in [6, 6.07) is 11.5. The standard InChI is InChI=1S/C27H25F3N3O6PS2/c28-27(29,30)25-24-20(18-31)16-22(38-15-9-3-8-14-33-12-6-2-7-13-33)17-23(24)41-26(25)42(36,37)32-19-40(34,35)39-21-10-4-1-5-11-21/h1-2,4-6,10-12,16-17,32H,3,8-9,13-15,19H2/p+1. The van der Waals surface area contributed by atoms with Crippen LogP contribution in [-0.4, -0.2) is 44.2 Å². The first-order chi connectivity index (χ1) is 19.9. The molecule has 2 heterocycles. The topological polar surface area (TPSA) is 129 Å². The summed E-state index contributed by atoms with van der Waals surface area (Å²) in [6.07, 6.45) is 4.88. The first kappa shape index (κ1) is 31.5. The number of unbranched alkanes of at least 4 members (excludes halogenated alkanes) is 2. The molecule has 1 aromatic heterocycles. The van der Waals surface area contributed by atoms with Gasteiger partial charge >= 0.3 is 13.8 Å². The molecule has 15 heteroatoms. The number of benzene rings is 2. The number of thiophene rings is 1. The van der Waals surface area contributed by atoms with Crippen LogP contribution in [0.4, 0.5) is 13.2 Å². The van der Waals surface area contributed by atoms with E-state index in [0.717, 1.165) is 32.0 Å². The van der Waals surface area contributed by atoms with Gasteiger partial charge in [-0.2, -0.15) is 23.2 Å². The quantitative estimate of drug-likeness (QED) is 0.132. The van der Waals surface area contributed by atoms with Crippen LogP contribution >= 0.6 is 18.9 Å². The predicted octanol–water partition coefficient (Wildman–Crippen LogP) is 6.03. The second-order valence-electron chi connectivity index (χ2n) is 9.16. The van der Waals surface area contributed by atoms with Gasteiger partial charge in [-0.15, -0.1) is 11.3 Å². The number of nitrogens with zero attached hydrogens (tertiary/aromatic N) is 2. The van der Waals surface area contributed by atoms with E-state index >= 15 is 0 Å². The van der Waals surface area contributed by atoms with Crippen LogP contribution in [-0.2, 0) is 20.8 Å². The fraction of sp³-hybridized carbons (Fsp3) is 0.296. The molecule has 4 rings (SSSR count). The average molecular weight is 641 g/mol. The highest BCUT2D eigenvalue weighted by Gasteiger charge is 2.43. The minimum Gasteiger partial charge on any atom is -0.493 e. The maximum atomic E-state index is 14.2. The molecule has 2 aromatic carbocycles. The SMILES string of the molecule is N#Cc1cc(OCCCCCN2C=CC=[C+]C2)cc2sc(S(=O)(=O)NCP(=O)(O)Oc3ccccc3)c(C(F)(F)F)c12. The molecule has 0 radical (unpaired) electrons. The number of rotatable bonds is 13. The highest BCUT2D eigenvalue weighted by atomic mass is 32.2. The normalized spacial score (nSPS) is 14.8. The van der Waals surface area contributed by atoms with Gasteiger partial charge < -0.3 is 19.1 Å². The Kier molecular flexibility index (Phi) is 9.94. The van der Waals surface area contributed by atoms with Crippen LogP contribution in [0.1, 0.15) is 30.4 Å². The van der Waals surface area contributed by atoms with Crippen molar-refractivity contribution in [2.24, 2.45) is 0 Å². The summed E-state index contributed by atoms with van der Waals surface area (Å²) in [5.74, 6) is 0.0996. The molecule has 0 saturated heterocycles. The summed E-state index contributed by atoms with van der Waals surface area (Å²) < 4.78 is 92.2. The van der Waals surface area contributed by atoms with Gasteiger partial charge in [0.05, 0.1) is 42.2 Å². The van der Waals surface area contributed by atoms with E-state index in [1.807, 2.05) is 18.4 Å². The monoisotopic (exact) mass is 640 g/mol. The van der Waals surface area contributed by atoms with Gasteiger partial charge in [-0.05, 0) is 43.5 Å². The van der Waals surface area contributed by atoms with E-state index in [-0.39, 0.29) is 34.1 Å². The zero-order valence-corrected chi connectivity index (χ0v) is 24.5. The lowest BCUT2D eigenvalue weighted by molar-refractivity contribution is -0.138. The Bertz CT molecular complexity index is 1670. The molecule has 0 bridgehead atoms. The van der Waals surface area contributed by atoms with Gasteiger partial charge in [0.1, 0.15) is 22.0 Å². The Morgan fingerprint density at radius 1 is 1.17 bits per heavy atom. The molecule has 1 unspecified atom stereocenters. The molecule has 0 amide bonds. The van der Waals surface area contributed by atoms with Crippen molar-refractivity contribution in [2.45, 2.75) is 29.6 Å². The number of para-hydroxylation sites is 1. The number of alkyl halides is 3. The molecule has 9 nitrogen and oxygen atoms in total. The predicted molar refractivity (Wildman–Crippen MR) is 151 cm³/mol. The van der Waals surface area contributed by atoms with Crippen LogP contribution in [0.2, 0.25) is 0 Å². The molecular formula is C27H26F3N3O6PS2+. The van der Waals surface area contributed by atoms with Crippen molar-refractivity contribution in [1.29, 1.82) is 5.26 Å². The second-order valence-corrected chi connectivity index (χ2v) is 13.9. The second kappa shape index (κ2) is 13.3. The van der Waals surface area contributed by atoms with Crippen LogP contribution in [0.5, 0.6) is 11.5 Å². The molecule has 2 N–H and O–H groups in total. The van der Waals surface area contributed by atoms with Gasteiger partial charge in [-0.25, -0.2) is 13.0 Å². The van der Waals surface area contributed by atoms with Crippen molar-refractivity contribution in [3.8, 4) is 17.6 Å². The summed E-state index contributed by atoms with van der Waals surface area (Å²) >= 11 is 0.285. The van der Waals surface area contributed by atoms with Gasteiger partial charge in [-0.3, -0.25) is 0 Å². The van der Waals surface area contributed by atoms with Gasteiger partial charge in [-0.1, -0.05) is 18.2 Å². The molecule has 1 aliphatic heterocycles. The Morgan fingerprint density at radius 2 is 1.93 bits per heavy atom. The van der Waals surface area contributed by atoms with Crippen LogP contribution in [0, 0.1) is 17.4 Å². The van der Waals surface area contributed by atoms with Crippen molar-refractivity contribution in [3.05, 3.63) is 78.0 Å². The molecule has 222 valence electrons. The Morgan fingerprint density at radius 3 is 2.60 bits per heavy atom. The van der Waals surface area contributed by atoms with E-state index in [4.69, 9.17) is 9.26 Å². The minimum atomic E-state index is -5.16. The molecule has 0 spiro atoms. The molecule has 0 fully saturated rings. The van der Waals surface area contributed by atoms with Gasteiger partial charge in [0.25, 0.3) is 10.0 Å². The highest BCUT2D eigenvalue weighted by molar-refractivity contribution is 7.92. The van der Waals surface area contributed by atoms with Crippen LogP contribution in [0.3, 0.4) is 0 Å². The largest absolute Gasteiger partial charge is 0.493 e. The Labute approximate surface area is 245 Å². The van der Waals surface area contributed by atoms with Crippen molar-refractivity contribution in [3.63, 3.8) is 0 Å². The first-order valence-electron chi connectivity index (χ1n) is 12.6.